The van der Waals surface area contributed by atoms with Crippen molar-refractivity contribution < 1.29 is 13.9 Å². The topological polar surface area (TPSA) is 42.7 Å². The van der Waals surface area contributed by atoms with E-state index >= 15 is 0 Å². The number of hydrogen-bond acceptors (Lipinski definition) is 4. The standard InChI is InChI=1S/C18H21NO3/c1-12-10-14(22-17(12)18(20)21-3)11-19(2)16-9-8-13-6-4-5-7-15(13)16/h4-7,10,16H,8-9,11H2,1-3H3. The monoisotopic (exact) mass is 299 g/mol. The number of fused-ring (bicyclic) bond motifs is 1. The number of rotatable bonds is 4. The second kappa shape index (κ2) is 5.97. The molecule has 4 nitrogen and oxygen atoms in total. The lowest BCUT2D eigenvalue weighted by molar-refractivity contribution is 0.0559. The fraction of sp³-hybridized carbons (Fsp3) is 0.389. The molecule has 1 unspecified atom stereocenters. The van der Waals surface area contributed by atoms with Gasteiger partial charge in [-0.25, -0.2) is 4.79 Å². The van der Waals surface area contributed by atoms with E-state index in [1.165, 1.54) is 18.2 Å². The van der Waals surface area contributed by atoms with Crippen molar-refractivity contribution in [3.05, 3.63) is 58.5 Å². The van der Waals surface area contributed by atoms with Crippen LogP contribution in [0, 0.1) is 6.92 Å². The van der Waals surface area contributed by atoms with Gasteiger partial charge in [0.2, 0.25) is 5.76 Å². The van der Waals surface area contributed by atoms with Gasteiger partial charge < -0.3 is 9.15 Å². The van der Waals surface area contributed by atoms with E-state index in [9.17, 15) is 4.79 Å². The largest absolute Gasteiger partial charge is 0.463 e. The Morgan fingerprint density at radius 3 is 2.95 bits per heavy atom. The normalized spacial score (nSPS) is 16.8. The fourth-order valence-corrected chi connectivity index (χ4v) is 3.27. The van der Waals surface area contributed by atoms with Crippen molar-refractivity contribution in [1.82, 2.24) is 4.90 Å². The summed E-state index contributed by atoms with van der Waals surface area (Å²) in [6.45, 7) is 2.54. The van der Waals surface area contributed by atoms with Gasteiger partial charge in [0.25, 0.3) is 0 Å². The average Bonchev–Trinajstić information content (AvgIpc) is 3.10. The number of furan rings is 1. The summed E-state index contributed by atoms with van der Waals surface area (Å²) in [4.78, 5) is 13.9. The summed E-state index contributed by atoms with van der Waals surface area (Å²) in [5.74, 6) is 0.681. The van der Waals surface area contributed by atoms with Crippen LogP contribution >= 0.6 is 0 Å². The van der Waals surface area contributed by atoms with Crippen molar-refractivity contribution in [2.75, 3.05) is 14.2 Å². The van der Waals surface area contributed by atoms with Crippen molar-refractivity contribution in [3.63, 3.8) is 0 Å². The number of esters is 1. The highest BCUT2D eigenvalue weighted by Crippen LogP contribution is 2.35. The molecule has 0 radical (unpaired) electrons. The van der Waals surface area contributed by atoms with Crippen LogP contribution in [0.3, 0.4) is 0 Å². The lowest BCUT2D eigenvalue weighted by atomic mass is 10.1. The predicted molar refractivity (Wildman–Crippen MR) is 83.8 cm³/mol. The lowest BCUT2D eigenvalue weighted by Crippen LogP contribution is -2.22. The molecule has 0 N–H and O–H groups in total. The highest BCUT2D eigenvalue weighted by molar-refractivity contribution is 5.87. The number of methoxy groups -OCH3 is 1. The van der Waals surface area contributed by atoms with E-state index in [1.54, 1.807) is 0 Å². The fourth-order valence-electron chi connectivity index (χ4n) is 3.27. The molecule has 22 heavy (non-hydrogen) atoms. The van der Waals surface area contributed by atoms with Crippen LogP contribution in [0.5, 0.6) is 0 Å². The third-order valence-electron chi connectivity index (χ3n) is 4.38. The summed E-state index contributed by atoms with van der Waals surface area (Å²) in [6.07, 6.45) is 2.25. The average molecular weight is 299 g/mol. The molecule has 0 fully saturated rings. The number of aryl methyl sites for hydroxylation is 2. The Labute approximate surface area is 130 Å². The minimum Gasteiger partial charge on any atom is -0.463 e. The first-order valence-electron chi connectivity index (χ1n) is 7.56. The van der Waals surface area contributed by atoms with E-state index in [0.717, 1.165) is 24.2 Å². The van der Waals surface area contributed by atoms with Gasteiger partial charge in [0.1, 0.15) is 5.76 Å². The molecule has 1 atom stereocenters. The Bertz CT molecular complexity index is 689. The van der Waals surface area contributed by atoms with E-state index < -0.39 is 5.97 Å². The first kappa shape index (κ1) is 14.9. The molecular weight excluding hydrogens is 278 g/mol. The van der Waals surface area contributed by atoms with E-state index in [1.807, 2.05) is 13.0 Å². The van der Waals surface area contributed by atoms with Gasteiger partial charge in [-0.3, -0.25) is 4.90 Å². The molecule has 1 aliphatic rings. The predicted octanol–water partition coefficient (Wildman–Crippen LogP) is 3.49. The van der Waals surface area contributed by atoms with Gasteiger partial charge in [0.05, 0.1) is 13.7 Å². The number of ether oxygens (including phenoxy) is 1. The molecule has 4 heteroatoms. The smallest absolute Gasteiger partial charge is 0.374 e. The van der Waals surface area contributed by atoms with Gasteiger partial charge in [-0.05, 0) is 44.0 Å². The molecular formula is C18H21NO3. The summed E-state index contributed by atoms with van der Waals surface area (Å²) >= 11 is 0. The minimum atomic E-state index is -0.419. The molecule has 0 bridgehead atoms. The van der Waals surface area contributed by atoms with Crippen LogP contribution in [0.25, 0.3) is 0 Å². The highest BCUT2D eigenvalue weighted by Gasteiger charge is 2.26. The number of carbonyl (C=O) groups excluding carboxylic acids is 1. The molecule has 2 aromatic rings. The van der Waals surface area contributed by atoms with Crippen molar-refractivity contribution >= 4 is 5.97 Å². The van der Waals surface area contributed by atoms with Crippen LogP contribution in [-0.4, -0.2) is 25.0 Å². The van der Waals surface area contributed by atoms with Crippen molar-refractivity contribution in [2.45, 2.75) is 32.4 Å². The minimum absolute atomic E-state index is 0.303. The Morgan fingerprint density at radius 1 is 1.41 bits per heavy atom. The van der Waals surface area contributed by atoms with Gasteiger partial charge >= 0.3 is 5.97 Å². The molecule has 1 aromatic heterocycles. The summed E-state index contributed by atoms with van der Waals surface area (Å²) in [5, 5.41) is 0. The van der Waals surface area contributed by atoms with Crippen molar-refractivity contribution in [1.29, 1.82) is 0 Å². The number of carbonyl (C=O) groups is 1. The van der Waals surface area contributed by atoms with E-state index in [0.29, 0.717) is 18.3 Å². The van der Waals surface area contributed by atoms with E-state index in [2.05, 4.69) is 36.2 Å². The van der Waals surface area contributed by atoms with Gasteiger partial charge in [-0.1, -0.05) is 24.3 Å². The number of nitrogens with zero attached hydrogens (tertiary/aromatic N) is 1. The summed E-state index contributed by atoms with van der Waals surface area (Å²) in [5.41, 5.74) is 3.66. The SMILES string of the molecule is COC(=O)c1oc(CN(C)C2CCc3ccccc32)cc1C. The highest BCUT2D eigenvalue weighted by atomic mass is 16.5. The zero-order chi connectivity index (χ0) is 15.7. The second-order valence-electron chi connectivity index (χ2n) is 5.88. The molecule has 1 heterocycles. The van der Waals surface area contributed by atoms with Crippen LogP contribution in [-0.2, 0) is 17.7 Å². The quantitative estimate of drug-likeness (QED) is 0.810. The molecule has 0 aliphatic heterocycles. The Morgan fingerprint density at radius 2 is 2.18 bits per heavy atom. The van der Waals surface area contributed by atoms with Crippen molar-refractivity contribution in [3.8, 4) is 0 Å². The Balaban J connectivity index is 1.76. The van der Waals surface area contributed by atoms with Gasteiger partial charge in [0.15, 0.2) is 0 Å². The van der Waals surface area contributed by atoms with E-state index in [-0.39, 0.29) is 0 Å². The van der Waals surface area contributed by atoms with Crippen LogP contribution in [0.4, 0.5) is 0 Å². The van der Waals surface area contributed by atoms with Crippen LogP contribution in [0.1, 0.15) is 45.5 Å². The van der Waals surface area contributed by atoms with Gasteiger partial charge in [-0.15, -0.1) is 0 Å². The molecule has 0 saturated carbocycles. The summed E-state index contributed by atoms with van der Waals surface area (Å²) in [6, 6.07) is 10.9. The molecule has 0 saturated heterocycles. The first-order valence-corrected chi connectivity index (χ1v) is 7.56. The molecule has 0 spiro atoms. The molecule has 1 aromatic carbocycles. The molecule has 3 rings (SSSR count). The zero-order valence-corrected chi connectivity index (χ0v) is 13.3. The second-order valence-corrected chi connectivity index (χ2v) is 5.88. The summed E-state index contributed by atoms with van der Waals surface area (Å²) in [7, 11) is 3.47. The molecule has 1 aliphatic carbocycles. The van der Waals surface area contributed by atoms with Crippen LogP contribution in [0.2, 0.25) is 0 Å². The Hall–Kier alpha value is -2.07. The lowest BCUT2D eigenvalue weighted by Gasteiger charge is -2.24. The number of hydrogen-bond donors (Lipinski definition) is 0. The molecule has 116 valence electrons. The summed E-state index contributed by atoms with van der Waals surface area (Å²) < 4.78 is 10.4. The molecule has 0 amide bonds. The zero-order valence-electron chi connectivity index (χ0n) is 13.3. The third kappa shape index (κ3) is 2.66. The number of benzene rings is 1. The third-order valence-corrected chi connectivity index (χ3v) is 4.38. The Kier molecular flexibility index (Phi) is 4.03. The van der Waals surface area contributed by atoms with Crippen LogP contribution in [0.15, 0.2) is 34.7 Å². The first-order chi connectivity index (χ1) is 10.6. The van der Waals surface area contributed by atoms with Crippen LogP contribution < -0.4 is 0 Å². The van der Waals surface area contributed by atoms with Gasteiger partial charge in [-0.2, -0.15) is 0 Å². The maximum atomic E-state index is 11.6. The maximum Gasteiger partial charge on any atom is 0.374 e. The maximum absolute atomic E-state index is 11.6. The van der Waals surface area contributed by atoms with Crippen molar-refractivity contribution in [2.24, 2.45) is 0 Å². The van der Waals surface area contributed by atoms with E-state index in [4.69, 9.17) is 9.15 Å². The van der Waals surface area contributed by atoms with Gasteiger partial charge in [0, 0.05) is 11.6 Å².